The largest absolute Gasteiger partial charge is 0.594 e. The highest BCUT2D eigenvalue weighted by atomic mass is 15.5. The van der Waals surface area contributed by atoms with Crippen molar-refractivity contribution in [3.63, 3.8) is 0 Å². The fourth-order valence-electron chi connectivity index (χ4n) is 6.71. The van der Waals surface area contributed by atoms with Gasteiger partial charge in [0.15, 0.2) is 5.82 Å². The summed E-state index contributed by atoms with van der Waals surface area (Å²) in [4.78, 5) is 10.2. The van der Waals surface area contributed by atoms with Gasteiger partial charge < -0.3 is 10.4 Å². The molecular formula is C43H29N4-. The van der Waals surface area contributed by atoms with E-state index >= 15 is 0 Å². The predicted octanol–water partition coefficient (Wildman–Crippen LogP) is 11.3. The summed E-state index contributed by atoms with van der Waals surface area (Å²) in [6, 6.07) is 59.4. The van der Waals surface area contributed by atoms with Crippen LogP contribution in [0.3, 0.4) is 0 Å². The van der Waals surface area contributed by atoms with Crippen molar-refractivity contribution >= 4 is 33.1 Å². The molecule has 0 bridgehead atoms. The average Bonchev–Trinajstić information content (AvgIpc) is 3.55. The van der Waals surface area contributed by atoms with Crippen molar-refractivity contribution in [2.75, 3.05) is 5.01 Å². The number of hydrogen-bond donors (Lipinski definition) is 0. The third-order valence-corrected chi connectivity index (χ3v) is 9.05. The zero-order valence-electron chi connectivity index (χ0n) is 25.5. The number of aromatic nitrogens is 2. The summed E-state index contributed by atoms with van der Waals surface area (Å²) < 4.78 is 0. The second kappa shape index (κ2) is 11.3. The summed E-state index contributed by atoms with van der Waals surface area (Å²) in [7, 11) is 0. The van der Waals surface area contributed by atoms with Gasteiger partial charge in [-0.2, -0.15) is 0 Å². The predicted molar refractivity (Wildman–Crippen MR) is 194 cm³/mol. The van der Waals surface area contributed by atoms with Crippen LogP contribution >= 0.6 is 0 Å². The summed E-state index contributed by atoms with van der Waals surface area (Å²) in [5.74, 6) is 0.729. The topological polar surface area (TPSA) is 43.1 Å². The Labute approximate surface area is 273 Å². The Kier molecular flexibility index (Phi) is 6.50. The first kappa shape index (κ1) is 27.1. The van der Waals surface area contributed by atoms with Crippen molar-refractivity contribution in [1.29, 1.82) is 0 Å². The molecular weight excluding hydrogens is 573 g/mol. The van der Waals surface area contributed by atoms with Crippen LogP contribution in [-0.2, 0) is 0 Å². The molecule has 1 unspecified atom stereocenters. The van der Waals surface area contributed by atoms with Crippen molar-refractivity contribution in [3.05, 3.63) is 186 Å². The van der Waals surface area contributed by atoms with Crippen LogP contribution in [-0.4, -0.2) is 9.97 Å². The fraction of sp³-hybridized carbons (Fsp3) is 0.0233. The van der Waals surface area contributed by atoms with E-state index in [0.29, 0.717) is 0 Å². The molecule has 47 heavy (non-hydrogen) atoms. The van der Waals surface area contributed by atoms with Gasteiger partial charge in [-0.15, -0.1) is 5.69 Å². The molecule has 0 saturated carbocycles. The van der Waals surface area contributed by atoms with Gasteiger partial charge in [-0.05, 0) is 45.8 Å². The minimum Gasteiger partial charge on any atom is -0.594 e. The van der Waals surface area contributed by atoms with Gasteiger partial charge in [0.1, 0.15) is 0 Å². The molecule has 9 rings (SSSR count). The van der Waals surface area contributed by atoms with E-state index in [1.54, 1.807) is 0 Å². The SMILES string of the molecule is c1ccc(-c2nc(-c3ccc(-c4ccc(N5[N-]c6ccccc6C5c5ccccc5)cc4)cc3)c3ccc4ccccc4c3n2)cc1. The van der Waals surface area contributed by atoms with Gasteiger partial charge in [-0.3, -0.25) is 0 Å². The molecule has 0 radical (unpaired) electrons. The van der Waals surface area contributed by atoms with Gasteiger partial charge in [0.05, 0.1) is 17.3 Å². The van der Waals surface area contributed by atoms with E-state index < -0.39 is 0 Å². The van der Waals surface area contributed by atoms with Crippen molar-refractivity contribution in [2.45, 2.75) is 6.04 Å². The smallest absolute Gasteiger partial charge is 0.160 e. The fourth-order valence-corrected chi connectivity index (χ4v) is 6.71. The van der Waals surface area contributed by atoms with E-state index in [-0.39, 0.29) is 6.04 Å². The molecule has 7 aromatic carbocycles. The Bertz CT molecular complexity index is 2370. The maximum Gasteiger partial charge on any atom is 0.160 e. The first-order valence-electron chi connectivity index (χ1n) is 15.9. The van der Waals surface area contributed by atoms with Crippen LogP contribution in [0.2, 0.25) is 0 Å². The molecule has 0 aliphatic carbocycles. The third kappa shape index (κ3) is 4.79. The molecule has 0 fully saturated rings. The zero-order valence-corrected chi connectivity index (χ0v) is 25.5. The zero-order chi connectivity index (χ0) is 31.2. The molecule has 1 aliphatic heterocycles. The first-order valence-corrected chi connectivity index (χ1v) is 15.9. The van der Waals surface area contributed by atoms with E-state index in [9.17, 15) is 0 Å². The van der Waals surface area contributed by atoms with Crippen LogP contribution in [0.1, 0.15) is 17.2 Å². The summed E-state index contributed by atoms with van der Waals surface area (Å²) in [5.41, 5.74) is 15.8. The lowest BCUT2D eigenvalue weighted by molar-refractivity contribution is 0.841. The Morgan fingerprint density at radius 2 is 1.11 bits per heavy atom. The molecule has 1 atom stereocenters. The van der Waals surface area contributed by atoms with Crippen LogP contribution in [0, 0.1) is 0 Å². The monoisotopic (exact) mass is 601 g/mol. The van der Waals surface area contributed by atoms with E-state index in [2.05, 4.69) is 157 Å². The highest BCUT2D eigenvalue weighted by Gasteiger charge is 2.24. The summed E-state index contributed by atoms with van der Waals surface area (Å²) in [5, 5.41) is 5.48. The van der Waals surface area contributed by atoms with Crippen molar-refractivity contribution in [3.8, 4) is 33.8 Å². The maximum atomic E-state index is 5.13. The third-order valence-electron chi connectivity index (χ3n) is 9.05. The average molecular weight is 602 g/mol. The van der Waals surface area contributed by atoms with Gasteiger partial charge >= 0.3 is 0 Å². The number of nitrogens with zero attached hydrogens (tertiary/aromatic N) is 4. The number of rotatable bonds is 5. The van der Waals surface area contributed by atoms with Crippen molar-refractivity contribution in [2.24, 2.45) is 0 Å². The second-order valence-electron chi connectivity index (χ2n) is 11.9. The normalized spacial score (nSPS) is 13.9. The number of hydrogen-bond acceptors (Lipinski definition) is 3. The molecule has 0 saturated heterocycles. The number of fused-ring (bicyclic) bond motifs is 4. The number of benzene rings is 7. The molecule has 222 valence electrons. The van der Waals surface area contributed by atoms with Crippen LogP contribution < -0.4 is 5.01 Å². The summed E-state index contributed by atoms with van der Waals surface area (Å²) in [6.07, 6.45) is 0. The lowest BCUT2D eigenvalue weighted by Crippen LogP contribution is -2.19. The second-order valence-corrected chi connectivity index (χ2v) is 11.9. The Morgan fingerprint density at radius 3 is 1.89 bits per heavy atom. The minimum atomic E-state index is 0.0399. The van der Waals surface area contributed by atoms with E-state index in [1.165, 1.54) is 16.5 Å². The molecule has 4 nitrogen and oxygen atoms in total. The highest BCUT2D eigenvalue weighted by molar-refractivity contribution is 6.09. The van der Waals surface area contributed by atoms with E-state index in [1.807, 2.05) is 18.2 Å². The molecule has 0 N–H and O–H groups in total. The van der Waals surface area contributed by atoms with Gasteiger partial charge in [0.25, 0.3) is 0 Å². The lowest BCUT2D eigenvalue weighted by atomic mass is 9.97. The van der Waals surface area contributed by atoms with Crippen LogP contribution in [0.4, 0.5) is 11.4 Å². The quantitative estimate of drug-likeness (QED) is 0.184. The molecule has 1 aromatic heterocycles. The van der Waals surface area contributed by atoms with E-state index in [4.69, 9.17) is 15.4 Å². The van der Waals surface area contributed by atoms with Crippen LogP contribution in [0.15, 0.2) is 170 Å². The van der Waals surface area contributed by atoms with E-state index in [0.717, 1.165) is 61.4 Å². The van der Waals surface area contributed by atoms with Crippen molar-refractivity contribution < 1.29 is 0 Å². The first-order chi connectivity index (χ1) is 23.3. The summed E-state index contributed by atoms with van der Waals surface area (Å²) >= 11 is 0. The lowest BCUT2D eigenvalue weighted by Gasteiger charge is -2.38. The molecule has 0 spiro atoms. The molecule has 0 amide bonds. The molecule has 4 heteroatoms. The minimum absolute atomic E-state index is 0.0399. The number of anilines is 1. The molecule has 2 heterocycles. The van der Waals surface area contributed by atoms with Crippen LogP contribution in [0.25, 0.3) is 60.9 Å². The van der Waals surface area contributed by atoms with Crippen molar-refractivity contribution in [1.82, 2.24) is 9.97 Å². The summed E-state index contributed by atoms with van der Waals surface area (Å²) in [6.45, 7) is 0. The van der Waals surface area contributed by atoms with Gasteiger partial charge in [0, 0.05) is 27.6 Å². The van der Waals surface area contributed by atoms with Gasteiger partial charge in [-0.1, -0.05) is 152 Å². The van der Waals surface area contributed by atoms with Gasteiger partial charge in [-0.25, -0.2) is 9.97 Å². The molecule has 8 aromatic rings. The molecule has 1 aliphatic rings. The van der Waals surface area contributed by atoms with Crippen LogP contribution in [0.5, 0.6) is 0 Å². The Morgan fingerprint density at radius 1 is 0.468 bits per heavy atom. The highest BCUT2D eigenvalue weighted by Crippen LogP contribution is 2.48. The van der Waals surface area contributed by atoms with Gasteiger partial charge in [0.2, 0.25) is 0 Å². The standard InChI is InChI=1S/C43H29N4/c1-3-12-33(13-4-1)42-37-17-9-10-18-39(37)46-47(42)35-26-23-30(24-27-35)29-19-21-32(22-20-29)40-38-28-25-31-11-7-8-16-36(31)41(38)45-43(44-40)34-14-5-2-6-15-34/h1-28,42H/q-1. The Balaban J connectivity index is 1.07. The maximum absolute atomic E-state index is 5.13. The Hall–Kier alpha value is -6.26.